The van der Waals surface area contributed by atoms with E-state index < -0.39 is 35.8 Å². The summed E-state index contributed by atoms with van der Waals surface area (Å²) in [7, 11) is 0. The van der Waals surface area contributed by atoms with Gasteiger partial charge in [-0.3, -0.25) is 19.4 Å². The lowest BCUT2D eigenvalue weighted by molar-refractivity contribution is -0.140. The van der Waals surface area contributed by atoms with E-state index in [1.807, 2.05) is 0 Å². The normalized spacial score (nSPS) is 15.7. The number of carboxylic acid groups (broad SMARTS) is 1. The highest BCUT2D eigenvalue weighted by molar-refractivity contribution is 5.96. The Bertz CT molecular complexity index is 1100. The number of nitrogen functional groups attached to an aromatic ring is 1. The molecule has 34 heavy (non-hydrogen) atoms. The van der Waals surface area contributed by atoms with E-state index in [2.05, 4.69) is 25.9 Å². The number of fused-ring (bicyclic) bond motifs is 1. The molecule has 0 radical (unpaired) electrons. The zero-order valence-electron chi connectivity index (χ0n) is 17.9. The van der Waals surface area contributed by atoms with Crippen LogP contribution in [0.25, 0.3) is 0 Å². The molecule has 0 spiro atoms. The van der Waals surface area contributed by atoms with Crippen LogP contribution in [0.5, 0.6) is 0 Å². The number of nitrogens with one attached hydrogen (secondary N) is 4. The summed E-state index contributed by atoms with van der Waals surface area (Å²) in [5, 5.41) is 35.5. The van der Waals surface area contributed by atoms with Crippen molar-refractivity contribution in [3.8, 4) is 0 Å². The summed E-state index contributed by atoms with van der Waals surface area (Å²) in [5.41, 5.74) is 5.89. The van der Waals surface area contributed by atoms with Crippen LogP contribution in [-0.4, -0.2) is 75.0 Å². The number of benzene rings is 1. The van der Waals surface area contributed by atoms with Crippen molar-refractivity contribution in [3.63, 3.8) is 0 Å². The third kappa shape index (κ3) is 5.79. The second kappa shape index (κ2) is 10.6. The van der Waals surface area contributed by atoms with Crippen molar-refractivity contribution in [1.29, 1.82) is 0 Å². The lowest BCUT2D eigenvalue weighted by Crippen LogP contribution is -2.50. The van der Waals surface area contributed by atoms with Gasteiger partial charge in [-0.15, -0.1) is 0 Å². The molecule has 0 saturated carbocycles. The van der Waals surface area contributed by atoms with Crippen LogP contribution in [0.15, 0.2) is 29.1 Å². The highest BCUT2D eigenvalue weighted by Gasteiger charge is 2.29. The van der Waals surface area contributed by atoms with E-state index in [1.54, 1.807) is 12.1 Å². The fourth-order valence-corrected chi connectivity index (χ4v) is 3.44. The van der Waals surface area contributed by atoms with Crippen LogP contribution in [0.2, 0.25) is 0 Å². The average molecular weight is 475 g/mol. The topological polar surface area (TPSA) is 223 Å². The summed E-state index contributed by atoms with van der Waals surface area (Å²) in [6.07, 6.45) is -1.47. The van der Waals surface area contributed by atoms with Gasteiger partial charge in [0.1, 0.15) is 6.04 Å². The minimum atomic E-state index is -1.67. The second-order valence-corrected chi connectivity index (χ2v) is 7.58. The zero-order valence-corrected chi connectivity index (χ0v) is 17.9. The Kier molecular flexibility index (Phi) is 7.65. The van der Waals surface area contributed by atoms with E-state index in [4.69, 9.17) is 15.9 Å². The predicted molar refractivity (Wildman–Crippen MR) is 121 cm³/mol. The number of aromatic amines is 1. The number of nitrogens with two attached hydrogens (primary N) is 1. The Morgan fingerprint density at radius 2 is 1.97 bits per heavy atom. The molecule has 0 bridgehead atoms. The van der Waals surface area contributed by atoms with Gasteiger partial charge in [-0.2, -0.15) is 4.98 Å². The maximum Gasteiger partial charge on any atom is 0.326 e. The van der Waals surface area contributed by atoms with Crippen molar-refractivity contribution in [2.75, 3.05) is 34.4 Å². The molecular weight excluding hydrogens is 450 g/mol. The number of aliphatic carboxylic acids is 1. The minimum Gasteiger partial charge on any atom is -0.480 e. The van der Waals surface area contributed by atoms with Crippen molar-refractivity contribution >= 4 is 41.4 Å². The fourth-order valence-electron chi connectivity index (χ4n) is 3.44. The van der Waals surface area contributed by atoms with E-state index in [9.17, 15) is 24.3 Å². The summed E-state index contributed by atoms with van der Waals surface area (Å²) in [5.74, 6) is -1.76. The smallest absolute Gasteiger partial charge is 0.326 e. The van der Waals surface area contributed by atoms with Gasteiger partial charge in [-0.1, -0.05) is 0 Å². The molecule has 2 aromatic rings. The van der Waals surface area contributed by atoms with Gasteiger partial charge in [0.05, 0.1) is 6.04 Å². The second-order valence-electron chi connectivity index (χ2n) is 7.58. The number of aromatic nitrogens is 2. The number of carboxylic acids is 1. The molecule has 0 fully saturated rings. The molecule has 14 heteroatoms. The first-order valence-electron chi connectivity index (χ1n) is 10.3. The lowest BCUT2D eigenvalue weighted by Gasteiger charge is -2.34. The van der Waals surface area contributed by atoms with E-state index in [-0.39, 0.29) is 42.4 Å². The summed E-state index contributed by atoms with van der Waals surface area (Å²) in [6.45, 7) is 0.583. The lowest BCUT2D eigenvalue weighted by atomic mass is 10.1. The van der Waals surface area contributed by atoms with Gasteiger partial charge < -0.3 is 41.9 Å². The van der Waals surface area contributed by atoms with Crippen molar-refractivity contribution in [3.05, 3.63) is 40.2 Å². The standard InChI is InChI=1S/C20H25N7O7/c21-20-25-16-15(18(32)26-20)27(9-28)12(8-23-16)7-22-11-3-1-10(2-4-11)17(31)24-13(19(33)34)5-6-14(29)30/h1-4,9,12-14,22,29-30H,5-8H2,(H,24,31)(H,33,34)(H4,21,23,25,26,32). The Morgan fingerprint density at radius 1 is 1.26 bits per heavy atom. The number of aliphatic hydroxyl groups is 2. The number of amides is 2. The zero-order chi connectivity index (χ0) is 24.8. The van der Waals surface area contributed by atoms with Crippen molar-refractivity contribution in [1.82, 2.24) is 15.3 Å². The maximum atomic E-state index is 12.4. The highest BCUT2D eigenvalue weighted by Crippen LogP contribution is 2.25. The molecular formula is C20H25N7O7. The number of nitrogens with zero attached hydrogens (tertiary/aromatic N) is 2. The average Bonchev–Trinajstić information content (AvgIpc) is 2.79. The molecule has 2 unspecified atom stereocenters. The number of carbonyl (C=O) groups excluding carboxylic acids is 2. The van der Waals surface area contributed by atoms with E-state index in [1.165, 1.54) is 17.0 Å². The van der Waals surface area contributed by atoms with Gasteiger partial charge in [0, 0.05) is 30.8 Å². The molecule has 182 valence electrons. The Hall–Kier alpha value is -4.17. The Balaban J connectivity index is 1.61. The number of aliphatic hydroxyl groups excluding tert-OH is 1. The SMILES string of the molecule is Nc1nc2c(c(=O)[nH]1)N(C=O)C(CNc1ccc(C(=O)NC(CCC(O)O)C(=O)O)cc1)CN2. The third-order valence-electron chi connectivity index (χ3n) is 5.19. The number of anilines is 4. The molecule has 1 aliphatic heterocycles. The van der Waals surface area contributed by atoms with Crippen LogP contribution in [0.1, 0.15) is 23.2 Å². The maximum absolute atomic E-state index is 12.4. The summed E-state index contributed by atoms with van der Waals surface area (Å²) in [4.78, 5) is 55.1. The Labute approximate surface area is 192 Å². The summed E-state index contributed by atoms with van der Waals surface area (Å²) in [6, 6.07) is 4.50. The van der Waals surface area contributed by atoms with Crippen LogP contribution in [0.3, 0.4) is 0 Å². The van der Waals surface area contributed by atoms with Gasteiger partial charge in [0.25, 0.3) is 11.5 Å². The van der Waals surface area contributed by atoms with Gasteiger partial charge in [0.2, 0.25) is 12.4 Å². The Morgan fingerprint density at radius 3 is 2.59 bits per heavy atom. The molecule has 1 aliphatic rings. The van der Waals surface area contributed by atoms with Crippen molar-refractivity contribution in [2.24, 2.45) is 0 Å². The molecule has 14 nitrogen and oxygen atoms in total. The van der Waals surface area contributed by atoms with Crippen LogP contribution < -0.4 is 32.1 Å². The van der Waals surface area contributed by atoms with Gasteiger partial charge >= 0.3 is 5.97 Å². The first-order chi connectivity index (χ1) is 16.2. The van der Waals surface area contributed by atoms with Gasteiger partial charge in [-0.25, -0.2) is 4.79 Å². The molecule has 2 amide bonds. The number of hydrogen-bond donors (Lipinski definition) is 8. The van der Waals surface area contributed by atoms with E-state index in [0.717, 1.165) is 0 Å². The molecule has 2 atom stereocenters. The molecule has 1 aromatic carbocycles. The number of hydrogen-bond acceptors (Lipinski definition) is 10. The highest BCUT2D eigenvalue weighted by atomic mass is 16.5. The van der Waals surface area contributed by atoms with Gasteiger partial charge in [-0.05, 0) is 30.7 Å². The molecule has 3 rings (SSSR count). The van der Waals surface area contributed by atoms with Gasteiger partial charge in [0.15, 0.2) is 17.8 Å². The quantitative estimate of drug-likeness (QED) is 0.146. The molecule has 9 N–H and O–H groups in total. The first-order valence-corrected chi connectivity index (χ1v) is 10.3. The van der Waals surface area contributed by atoms with Crippen LogP contribution >= 0.6 is 0 Å². The number of H-pyrrole nitrogens is 1. The predicted octanol–water partition coefficient (Wildman–Crippen LogP) is -1.50. The summed E-state index contributed by atoms with van der Waals surface area (Å²) >= 11 is 0. The molecule has 1 aromatic heterocycles. The number of rotatable bonds is 10. The molecule has 2 heterocycles. The minimum absolute atomic E-state index is 0.0657. The first kappa shape index (κ1) is 24.5. The summed E-state index contributed by atoms with van der Waals surface area (Å²) < 4.78 is 0. The van der Waals surface area contributed by atoms with Crippen LogP contribution in [0.4, 0.5) is 23.1 Å². The van der Waals surface area contributed by atoms with Crippen LogP contribution in [-0.2, 0) is 9.59 Å². The molecule has 0 saturated heterocycles. The van der Waals surface area contributed by atoms with E-state index >= 15 is 0 Å². The fraction of sp³-hybridized carbons (Fsp3) is 0.350. The van der Waals surface area contributed by atoms with Crippen molar-refractivity contribution in [2.45, 2.75) is 31.2 Å². The largest absolute Gasteiger partial charge is 0.480 e. The third-order valence-corrected chi connectivity index (χ3v) is 5.19. The molecule has 0 aliphatic carbocycles. The van der Waals surface area contributed by atoms with Crippen molar-refractivity contribution < 1.29 is 29.7 Å². The number of carbonyl (C=O) groups is 3. The monoisotopic (exact) mass is 475 g/mol. The van der Waals surface area contributed by atoms with Crippen LogP contribution in [0, 0.1) is 0 Å². The van der Waals surface area contributed by atoms with E-state index in [0.29, 0.717) is 18.6 Å².